The molecule has 0 aromatic carbocycles. The zero-order chi connectivity index (χ0) is 28.8. The maximum absolute atomic E-state index is 9.58. The summed E-state index contributed by atoms with van der Waals surface area (Å²) in [6.07, 6.45) is 14.0. The van der Waals surface area contributed by atoms with E-state index in [-0.39, 0.29) is 18.1 Å². The number of rotatable bonds is 16. The van der Waals surface area contributed by atoms with Gasteiger partial charge >= 0.3 is 0 Å². The second-order valence-corrected chi connectivity index (χ2v) is 14.3. The van der Waals surface area contributed by atoms with E-state index in [0.29, 0.717) is 72.8 Å². The molecule has 4 rings (SSSR count). The number of ether oxygens (including phenoxy) is 3. The van der Waals surface area contributed by atoms with E-state index in [1.54, 1.807) is 0 Å². The Bertz CT molecular complexity index is 757. The predicted molar refractivity (Wildman–Crippen MR) is 162 cm³/mol. The van der Waals surface area contributed by atoms with Crippen molar-refractivity contribution in [2.24, 2.45) is 63.5 Å². The quantitative estimate of drug-likeness (QED) is 0.203. The topological polar surface area (TPSA) is 126 Å². The van der Waals surface area contributed by atoms with Crippen molar-refractivity contribution in [1.82, 2.24) is 0 Å². The van der Waals surface area contributed by atoms with Crippen LogP contribution in [0.4, 0.5) is 0 Å². The Balaban J connectivity index is 1.64. The van der Waals surface area contributed by atoms with Gasteiger partial charge in [-0.05, 0) is 138 Å². The van der Waals surface area contributed by atoms with Crippen molar-refractivity contribution >= 4 is 0 Å². The van der Waals surface area contributed by atoms with Gasteiger partial charge in [0.15, 0.2) is 0 Å². The number of nitrogens with two attached hydrogens (primary N) is 3. The number of fused-ring (bicyclic) bond motifs is 5. The number of aliphatic hydroxyl groups excluding tert-OH is 1. The molecule has 0 bridgehead atoms. The molecule has 0 saturated heterocycles. The van der Waals surface area contributed by atoms with E-state index >= 15 is 0 Å². The fourth-order valence-electron chi connectivity index (χ4n) is 10.2. The monoisotopic (exact) mass is 565 g/mol. The van der Waals surface area contributed by atoms with Crippen LogP contribution in [0.25, 0.3) is 0 Å². The summed E-state index contributed by atoms with van der Waals surface area (Å²) < 4.78 is 20.1. The SMILES string of the molecule is C[C@H](CCCO)[C@H]1CCC2C3C(OCCCN)CC4C[C@H](OCCCN)CCC4(C)[C@H]3C[C@H](OCCCN)[C@@]21C. The molecular weight excluding hydrogens is 502 g/mol. The van der Waals surface area contributed by atoms with Crippen molar-refractivity contribution in [3.63, 3.8) is 0 Å². The molecule has 4 fully saturated rings. The van der Waals surface area contributed by atoms with Crippen LogP contribution in [-0.2, 0) is 14.2 Å². The molecule has 0 amide bonds. The van der Waals surface area contributed by atoms with Crippen molar-refractivity contribution < 1.29 is 19.3 Å². The lowest BCUT2D eigenvalue weighted by Gasteiger charge is -2.65. The number of aliphatic hydroxyl groups is 1. The molecule has 0 aromatic heterocycles. The van der Waals surface area contributed by atoms with Gasteiger partial charge in [0.2, 0.25) is 0 Å². The summed E-state index contributed by atoms with van der Waals surface area (Å²) in [6, 6.07) is 0. The molecule has 40 heavy (non-hydrogen) atoms. The van der Waals surface area contributed by atoms with Crippen LogP contribution in [0.5, 0.6) is 0 Å². The molecule has 7 nitrogen and oxygen atoms in total. The van der Waals surface area contributed by atoms with Gasteiger partial charge in [0.1, 0.15) is 0 Å². The first kappa shape index (κ1) is 32.6. The molecule has 234 valence electrons. The minimum Gasteiger partial charge on any atom is -0.396 e. The Labute approximate surface area is 245 Å². The van der Waals surface area contributed by atoms with Gasteiger partial charge in [-0.25, -0.2) is 0 Å². The minimum atomic E-state index is 0.131. The van der Waals surface area contributed by atoms with E-state index in [9.17, 15) is 5.11 Å². The molecule has 0 radical (unpaired) electrons. The first-order valence-corrected chi connectivity index (χ1v) is 16.9. The summed E-state index contributed by atoms with van der Waals surface area (Å²) in [5, 5.41) is 9.58. The molecule has 5 unspecified atom stereocenters. The highest BCUT2D eigenvalue weighted by atomic mass is 16.5. The second kappa shape index (κ2) is 14.9. The number of hydrogen-bond donors (Lipinski definition) is 4. The van der Waals surface area contributed by atoms with Crippen molar-refractivity contribution in [3.05, 3.63) is 0 Å². The molecule has 0 heterocycles. The molecule has 4 saturated carbocycles. The fraction of sp³-hybridized carbons (Fsp3) is 1.00. The highest BCUT2D eigenvalue weighted by molar-refractivity contribution is 5.15. The molecule has 11 atom stereocenters. The van der Waals surface area contributed by atoms with Gasteiger partial charge in [0, 0.05) is 31.8 Å². The Hall–Kier alpha value is -0.280. The summed E-state index contributed by atoms with van der Waals surface area (Å²) in [4.78, 5) is 0. The number of hydrogen-bond acceptors (Lipinski definition) is 7. The van der Waals surface area contributed by atoms with E-state index in [1.165, 1.54) is 19.3 Å². The van der Waals surface area contributed by atoms with Crippen LogP contribution in [0.15, 0.2) is 0 Å². The van der Waals surface area contributed by atoms with E-state index in [0.717, 1.165) is 77.6 Å². The molecule has 0 spiro atoms. The third kappa shape index (κ3) is 6.61. The lowest BCUT2D eigenvalue weighted by Crippen LogP contribution is -2.63. The molecule has 0 aromatic rings. The van der Waals surface area contributed by atoms with Gasteiger partial charge in [0.25, 0.3) is 0 Å². The van der Waals surface area contributed by atoms with E-state index in [4.69, 9.17) is 31.4 Å². The fourth-order valence-corrected chi connectivity index (χ4v) is 10.2. The summed E-state index contributed by atoms with van der Waals surface area (Å²) in [7, 11) is 0. The smallest absolute Gasteiger partial charge is 0.0637 e. The van der Waals surface area contributed by atoms with E-state index in [2.05, 4.69) is 20.8 Å². The molecule has 4 aliphatic rings. The van der Waals surface area contributed by atoms with Crippen LogP contribution in [0.2, 0.25) is 0 Å². The van der Waals surface area contributed by atoms with Crippen LogP contribution in [0.3, 0.4) is 0 Å². The molecule has 4 aliphatic carbocycles. The van der Waals surface area contributed by atoms with Gasteiger partial charge in [0.05, 0.1) is 18.3 Å². The summed E-state index contributed by atoms with van der Waals surface area (Å²) in [5.74, 6) is 3.60. The lowest BCUT2D eigenvalue weighted by atomic mass is 9.43. The third-order valence-corrected chi connectivity index (χ3v) is 12.3. The van der Waals surface area contributed by atoms with Gasteiger partial charge in [-0.2, -0.15) is 0 Å². The normalized spacial score (nSPS) is 41.8. The standard InChI is InChI=1S/C33H63N3O4/c1-23(8-4-16-37)26-9-10-27-31-28(22-30(33(26,27)3)40-19-7-15-36)32(2)12-11-25(38-17-5-13-34)20-24(32)21-29(31)39-18-6-14-35/h23-31,37H,4-22,34-36H2,1-3H3/t23-,24?,25-,26-,27?,28+,29?,30+,31?,32?,33-/m1/s1. The Morgan fingerprint density at radius 2 is 1.48 bits per heavy atom. The largest absolute Gasteiger partial charge is 0.396 e. The van der Waals surface area contributed by atoms with Crippen molar-refractivity contribution in [2.75, 3.05) is 46.1 Å². The Morgan fingerprint density at radius 3 is 2.15 bits per heavy atom. The molecular formula is C33H63N3O4. The average Bonchev–Trinajstić information content (AvgIpc) is 3.31. The zero-order valence-electron chi connectivity index (χ0n) is 26.0. The highest BCUT2D eigenvalue weighted by Crippen LogP contribution is 2.69. The first-order valence-electron chi connectivity index (χ1n) is 16.9. The second-order valence-electron chi connectivity index (χ2n) is 14.3. The van der Waals surface area contributed by atoms with E-state index < -0.39 is 0 Å². The first-order chi connectivity index (χ1) is 19.3. The van der Waals surface area contributed by atoms with Crippen LogP contribution in [-0.4, -0.2) is 69.5 Å². The molecule has 7 N–H and O–H groups in total. The maximum Gasteiger partial charge on any atom is 0.0637 e. The summed E-state index contributed by atoms with van der Waals surface area (Å²) >= 11 is 0. The average molecular weight is 566 g/mol. The van der Waals surface area contributed by atoms with Crippen molar-refractivity contribution in [3.8, 4) is 0 Å². The predicted octanol–water partition coefficient (Wildman–Crippen LogP) is 4.48. The Kier molecular flexibility index (Phi) is 12.2. The highest BCUT2D eigenvalue weighted by Gasteiger charge is 2.66. The van der Waals surface area contributed by atoms with Crippen molar-refractivity contribution in [2.45, 2.75) is 116 Å². The van der Waals surface area contributed by atoms with Gasteiger partial charge in [-0.1, -0.05) is 20.8 Å². The Morgan fingerprint density at radius 1 is 0.800 bits per heavy atom. The third-order valence-electron chi connectivity index (χ3n) is 12.3. The maximum atomic E-state index is 9.58. The van der Waals surface area contributed by atoms with Crippen LogP contribution >= 0.6 is 0 Å². The van der Waals surface area contributed by atoms with Crippen LogP contribution in [0, 0.1) is 46.3 Å². The minimum absolute atomic E-state index is 0.131. The molecule has 7 heteroatoms. The summed E-state index contributed by atoms with van der Waals surface area (Å²) in [5.41, 5.74) is 18.0. The van der Waals surface area contributed by atoms with Crippen LogP contribution in [0.1, 0.15) is 97.8 Å². The van der Waals surface area contributed by atoms with Crippen molar-refractivity contribution in [1.29, 1.82) is 0 Å². The van der Waals surface area contributed by atoms with Crippen LogP contribution < -0.4 is 17.2 Å². The summed E-state index contributed by atoms with van der Waals surface area (Å²) in [6.45, 7) is 12.2. The van der Waals surface area contributed by atoms with E-state index in [1.807, 2.05) is 0 Å². The lowest BCUT2D eigenvalue weighted by molar-refractivity contribution is -0.227. The van der Waals surface area contributed by atoms with Gasteiger partial charge < -0.3 is 36.5 Å². The zero-order valence-corrected chi connectivity index (χ0v) is 26.0. The van der Waals surface area contributed by atoms with Gasteiger partial charge in [-0.15, -0.1) is 0 Å². The molecule has 0 aliphatic heterocycles. The van der Waals surface area contributed by atoms with Gasteiger partial charge in [-0.3, -0.25) is 0 Å².